The van der Waals surface area contributed by atoms with E-state index in [9.17, 15) is 5.11 Å². The first-order valence-electron chi connectivity index (χ1n) is 18.3. The van der Waals surface area contributed by atoms with Gasteiger partial charge in [-0.3, -0.25) is 4.99 Å². The molecule has 6 unspecified atom stereocenters. The minimum absolute atomic E-state index is 0.00781. The highest BCUT2D eigenvalue weighted by atomic mass is 16.3. The Labute approximate surface area is 281 Å². The van der Waals surface area contributed by atoms with Crippen LogP contribution in [-0.2, 0) is 0 Å². The predicted octanol–water partition coefficient (Wildman–Crippen LogP) is 11.8. The normalized spacial score (nSPS) is 28.4. The van der Waals surface area contributed by atoms with E-state index in [4.69, 9.17) is 4.99 Å². The van der Waals surface area contributed by atoms with Gasteiger partial charge in [-0.05, 0) is 142 Å². The van der Waals surface area contributed by atoms with Gasteiger partial charge < -0.3 is 5.11 Å². The minimum Gasteiger partial charge on any atom is -0.388 e. The highest BCUT2D eigenvalue weighted by Gasteiger charge is 2.26. The fraction of sp³-hybridized carbons (Fsp3) is 0.523. The number of hydrogen-bond donors (Lipinski definition) is 1. The summed E-state index contributed by atoms with van der Waals surface area (Å²) in [4.78, 5) is 4.89. The van der Waals surface area contributed by atoms with Crippen LogP contribution in [0.1, 0.15) is 115 Å². The molecule has 1 heterocycles. The van der Waals surface area contributed by atoms with Crippen LogP contribution in [-0.4, -0.2) is 24.0 Å². The molecule has 0 radical (unpaired) electrons. The molecule has 0 fully saturated rings. The van der Waals surface area contributed by atoms with Crippen molar-refractivity contribution in [1.82, 2.24) is 0 Å². The van der Waals surface area contributed by atoms with Crippen LogP contribution in [0.15, 0.2) is 112 Å². The number of aliphatic hydroxyl groups is 1. The predicted molar refractivity (Wildman–Crippen MR) is 200 cm³/mol. The summed E-state index contributed by atoms with van der Waals surface area (Å²) in [7, 11) is 0. The largest absolute Gasteiger partial charge is 0.388 e. The Hall–Kier alpha value is -2.97. The van der Waals surface area contributed by atoms with Gasteiger partial charge in [0.15, 0.2) is 0 Å². The molecule has 46 heavy (non-hydrogen) atoms. The van der Waals surface area contributed by atoms with Crippen molar-refractivity contribution in [3.8, 4) is 0 Å². The van der Waals surface area contributed by atoms with E-state index in [0.717, 1.165) is 31.7 Å². The third kappa shape index (κ3) is 10.3. The van der Waals surface area contributed by atoms with Gasteiger partial charge in [-0.1, -0.05) is 99.2 Å². The fourth-order valence-electron chi connectivity index (χ4n) is 7.87. The molecule has 0 saturated carbocycles. The number of aryl methyl sites for hydroxylation is 1. The SMILES string of the molecule is C=CCCC(C)C(C)C(CCCC1=CCCC(CC/C2=C/C(C3C=CC=CC3O)=C\C(C)=C(CC)\C=N/C2)C1)c1ccccc1C. The second kappa shape index (κ2) is 18.4. The Morgan fingerprint density at radius 1 is 1.02 bits per heavy atom. The van der Waals surface area contributed by atoms with Gasteiger partial charge in [-0.2, -0.15) is 0 Å². The van der Waals surface area contributed by atoms with E-state index in [0.29, 0.717) is 17.8 Å². The van der Waals surface area contributed by atoms with Crippen molar-refractivity contribution in [1.29, 1.82) is 0 Å². The summed E-state index contributed by atoms with van der Waals surface area (Å²) in [5.41, 5.74) is 9.81. The van der Waals surface area contributed by atoms with Gasteiger partial charge in [0.05, 0.1) is 12.6 Å². The molecule has 0 aromatic heterocycles. The first-order chi connectivity index (χ1) is 22.3. The molecule has 0 amide bonds. The minimum atomic E-state index is -0.483. The van der Waals surface area contributed by atoms with Crippen LogP contribution in [0.25, 0.3) is 0 Å². The summed E-state index contributed by atoms with van der Waals surface area (Å²) in [6.07, 6.45) is 32.1. The fourth-order valence-corrected chi connectivity index (χ4v) is 7.87. The Bertz CT molecular complexity index is 1360. The highest BCUT2D eigenvalue weighted by molar-refractivity contribution is 5.80. The lowest BCUT2D eigenvalue weighted by atomic mass is 9.74. The first-order valence-corrected chi connectivity index (χ1v) is 18.3. The Morgan fingerprint density at radius 3 is 2.59 bits per heavy atom. The quantitative estimate of drug-likeness (QED) is 0.195. The smallest absolute Gasteiger partial charge is 0.0827 e. The van der Waals surface area contributed by atoms with E-state index < -0.39 is 6.10 Å². The molecule has 0 spiro atoms. The molecule has 0 bridgehead atoms. The van der Waals surface area contributed by atoms with E-state index in [1.54, 1.807) is 11.1 Å². The molecule has 1 aromatic rings. The molecule has 1 aliphatic heterocycles. The van der Waals surface area contributed by atoms with E-state index in [-0.39, 0.29) is 5.92 Å². The molecule has 1 aromatic carbocycles. The van der Waals surface area contributed by atoms with Crippen LogP contribution in [0.2, 0.25) is 0 Å². The van der Waals surface area contributed by atoms with Crippen molar-refractivity contribution in [3.05, 3.63) is 118 Å². The molecule has 0 saturated heterocycles. The van der Waals surface area contributed by atoms with Crippen LogP contribution in [0.5, 0.6) is 0 Å². The maximum absolute atomic E-state index is 10.8. The first kappa shape index (κ1) is 35.9. The maximum Gasteiger partial charge on any atom is 0.0827 e. The number of aliphatic hydroxyl groups excluding tert-OH is 1. The van der Waals surface area contributed by atoms with Crippen LogP contribution < -0.4 is 0 Å². The van der Waals surface area contributed by atoms with Crippen molar-refractivity contribution in [2.75, 3.05) is 6.54 Å². The number of rotatable bonds is 15. The van der Waals surface area contributed by atoms with Gasteiger partial charge in [-0.25, -0.2) is 0 Å². The third-order valence-electron chi connectivity index (χ3n) is 11.1. The van der Waals surface area contributed by atoms with Crippen molar-refractivity contribution >= 4 is 6.21 Å². The topological polar surface area (TPSA) is 32.6 Å². The lowest BCUT2D eigenvalue weighted by molar-refractivity contribution is 0.192. The molecule has 6 atom stereocenters. The van der Waals surface area contributed by atoms with Crippen LogP contribution >= 0.6 is 0 Å². The van der Waals surface area contributed by atoms with Crippen molar-refractivity contribution in [2.45, 2.75) is 117 Å². The zero-order chi connectivity index (χ0) is 32.9. The summed E-state index contributed by atoms with van der Waals surface area (Å²) >= 11 is 0. The average Bonchev–Trinajstić information content (AvgIpc) is 3.13. The van der Waals surface area contributed by atoms with Crippen LogP contribution in [0.4, 0.5) is 0 Å². The summed E-state index contributed by atoms with van der Waals surface area (Å²) < 4.78 is 0. The summed E-state index contributed by atoms with van der Waals surface area (Å²) in [5, 5.41) is 10.8. The zero-order valence-electron chi connectivity index (χ0n) is 29.6. The molecule has 2 nitrogen and oxygen atoms in total. The van der Waals surface area contributed by atoms with Crippen molar-refractivity contribution < 1.29 is 5.11 Å². The van der Waals surface area contributed by atoms with Gasteiger partial charge in [0.1, 0.15) is 0 Å². The molecular weight excluding hydrogens is 558 g/mol. The maximum atomic E-state index is 10.8. The van der Waals surface area contributed by atoms with Crippen LogP contribution in [0, 0.1) is 30.6 Å². The highest BCUT2D eigenvalue weighted by Crippen LogP contribution is 2.39. The Kier molecular flexibility index (Phi) is 14.3. The standard InChI is InChI=1S/C44H61NO/c1-7-9-16-32(3)35(6)42(41-21-11-10-17-33(41)4)23-15-20-36-18-14-19-37(28-36)25-26-38-29-40(43-22-12-13-24-44(43)46)27-34(5)39(8-2)31-45-30-38/h7,10-13,17-18,21-22,24,27,29,31-32,35,37,42-44,46H,1,8-9,14-16,19-20,23,25-26,28,30H2,2-6H3/b38-29-,39-34+,40-27+,45-31-. The lowest BCUT2D eigenvalue weighted by Gasteiger charge is -2.31. The summed E-state index contributed by atoms with van der Waals surface area (Å²) in [6, 6.07) is 9.08. The third-order valence-corrected chi connectivity index (χ3v) is 11.1. The number of hydrogen-bond acceptors (Lipinski definition) is 2. The van der Waals surface area contributed by atoms with Gasteiger partial charge in [0, 0.05) is 12.1 Å². The second-order valence-electron chi connectivity index (χ2n) is 14.4. The number of aliphatic imine (C=N–C) groups is 1. The van der Waals surface area contributed by atoms with Crippen molar-refractivity contribution in [2.24, 2.45) is 28.7 Å². The monoisotopic (exact) mass is 619 g/mol. The second-order valence-corrected chi connectivity index (χ2v) is 14.4. The zero-order valence-corrected chi connectivity index (χ0v) is 29.6. The van der Waals surface area contributed by atoms with E-state index in [1.807, 2.05) is 12.2 Å². The van der Waals surface area contributed by atoms with Crippen LogP contribution in [0.3, 0.4) is 0 Å². The van der Waals surface area contributed by atoms with Crippen molar-refractivity contribution in [3.63, 3.8) is 0 Å². The van der Waals surface area contributed by atoms with Gasteiger partial charge in [0.25, 0.3) is 0 Å². The number of benzene rings is 1. The molecule has 4 rings (SSSR count). The number of nitrogens with zero attached hydrogens (tertiary/aromatic N) is 1. The van der Waals surface area contributed by atoms with Gasteiger partial charge in [0.2, 0.25) is 0 Å². The van der Waals surface area contributed by atoms with Gasteiger partial charge >= 0.3 is 0 Å². The van der Waals surface area contributed by atoms with E-state index >= 15 is 0 Å². The summed E-state index contributed by atoms with van der Waals surface area (Å²) in [5.74, 6) is 2.69. The van der Waals surface area contributed by atoms with Gasteiger partial charge in [-0.15, -0.1) is 6.58 Å². The summed E-state index contributed by atoms with van der Waals surface area (Å²) in [6.45, 7) is 16.3. The molecule has 248 valence electrons. The van der Waals surface area contributed by atoms with E-state index in [1.165, 1.54) is 79.2 Å². The molecule has 1 N–H and O–H groups in total. The average molecular weight is 620 g/mol. The molecule has 3 aliphatic rings. The Morgan fingerprint density at radius 2 is 1.83 bits per heavy atom. The number of allylic oxidation sites excluding steroid dienone is 9. The molecule has 2 heteroatoms. The molecular formula is C44H61NO. The van der Waals surface area contributed by atoms with E-state index in [2.05, 4.69) is 108 Å². The Balaban J connectivity index is 1.37. The molecule has 2 aliphatic carbocycles. The lowest BCUT2D eigenvalue weighted by Crippen LogP contribution is -2.20.